The van der Waals surface area contributed by atoms with Crippen molar-refractivity contribution in [2.75, 3.05) is 0 Å². The predicted molar refractivity (Wildman–Crippen MR) is 88.1 cm³/mol. The molecule has 110 valence electrons. The van der Waals surface area contributed by atoms with Gasteiger partial charge >= 0.3 is 5.97 Å². The number of esters is 1. The summed E-state index contributed by atoms with van der Waals surface area (Å²) in [5, 5.41) is 8.76. The van der Waals surface area contributed by atoms with Crippen LogP contribution in [0.25, 0.3) is 12.2 Å². The average Bonchev–Trinajstić information content (AvgIpc) is 2.94. The first-order valence-corrected chi connectivity index (χ1v) is 7.00. The molecule has 4 nitrogen and oxygen atoms in total. The van der Waals surface area contributed by atoms with E-state index in [-0.39, 0.29) is 11.6 Å². The molecule has 0 bridgehead atoms. The van der Waals surface area contributed by atoms with Crippen LogP contribution in [0.2, 0.25) is 0 Å². The SMILES string of the molecule is N#Cc1ccc(C=CC2=NC(=Cc3ccccc3)C(=O)O2)cc1. The molecule has 0 N–H and O–H groups in total. The highest BCUT2D eigenvalue weighted by Crippen LogP contribution is 2.16. The minimum absolute atomic E-state index is 0.251. The summed E-state index contributed by atoms with van der Waals surface area (Å²) in [4.78, 5) is 16.0. The van der Waals surface area contributed by atoms with Gasteiger partial charge < -0.3 is 4.74 Å². The fraction of sp³-hybridized carbons (Fsp3) is 0. The van der Waals surface area contributed by atoms with Crippen molar-refractivity contribution in [3.05, 3.63) is 83.1 Å². The zero-order valence-corrected chi connectivity index (χ0v) is 12.1. The van der Waals surface area contributed by atoms with E-state index in [1.165, 1.54) is 0 Å². The largest absolute Gasteiger partial charge is 0.403 e. The van der Waals surface area contributed by atoms with Crippen LogP contribution in [0.15, 0.2) is 71.4 Å². The van der Waals surface area contributed by atoms with E-state index < -0.39 is 5.97 Å². The number of nitriles is 1. The number of ether oxygens (including phenoxy) is 1. The van der Waals surface area contributed by atoms with E-state index in [1.807, 2.05) is 42.5 Å². The lowest BCUT2D eigenvalue weighted by Crippen LogP contribution is -2.01. The third-order valence-electron chi connectivity index (χ3n) is 3.20. The molecule has 0 aliphatic carbocycles. The van der Waals surface area contributed by atoms with Crippen molar-refractivity contribution in [2.24, 2.45) is 4.99 Å². The van der Waals surface area contributed by atoms with Crippen molar-refractivity contribution < 1.29 is 9.53 Å². The highest BCUT2D eigenvalue weighted by Gasteiger charge is 2.20. The lowest BCUT2D eigenvalue weighted by Gasteiger charge is -1.94. The van der Waals surface area contributed by atoms with Crippen LogP contribution < -0.4 is 0 Å². The molecular formula is C19H12N2O2. The fourth-order valence-electron chi connectivity index (χ4n) is 2.04. The van der Waals surface area contributed by atoms with Gasteiger partial charge in [-0.1, -0.05) is 42.5 Å². The number of hydrogen-bond acceptors (Lipinski definition) is 4. The van der Waals surface area contributed by atoms with Crippen LogP contribution in [0, 0.1) is 11.3 Å². The molecule has 0 saturated heterocycles. The average molecular weight is 300 g/mol. The molecule has 3 rings (SSSR count). The second-order valence-electron chi connectivity index (χ2n) is 4.85. The van der Waals surface area contributed by atoms with Crippen LogP contribution in [-0.4, -0.2) is 11.9 Å². The predicted octanol–water partition coefficient (Wildman–Crippen LogP) is 3.57. The summed E-state index contributed by atoms with van der Waals surface area (Å²) in [7, 11) is 0. The summed E-state index contributed by atoms with van der Waals surface area (Å²) >= 11 is 0. The molecule has 0 fully saturated rings. The van der Waals surface area contributed by atoms with Gasteiger partial charge in [0.15, 0.2) is 5.70 Å². The van der Waals surface area contributed by atoms with Gasteiger partial charge in [0, 0.05) is 6.08 Å². The molecule has 0 aromatic heterocycles. The Labute approximate surface area is 133 Å². The van der Waals surface area contributed by atoms with Gasteiger partial charge in [0.25, 0.3) is 0 Å². The molecule has 2 aromatic carbocycles. The zero-order chi connectivity index (χ0) is 16.1. The van der Waals surface area contributed by atoms with Crippen molar-refractivity contribution in [1.82, 2.24) is 0 Å². The minimum atomic E-state index is -0.465. The Morgan fingerprint density at radius 1 is 0.957 bits per heavy atom. The van der Waals surface area contributed by atoms with Crippen LogP contribution in [-0.2, 0) is 9.53 Å². The van der Waals surface area contributed by atoms with Crippen molar-refractivity contribution in [3.63, 3.8) is 0 Å². The first kappa shape index (κ1) is 14.5. The molecule has 0 spiro atoms. The van der Waals surface area contributed by atoms with Gasteiger partial charge in [-0.2, -0.15) is 5.26 Å². The number of aliphatic imine (C=N–C) groups is 1. The Morgan fingerprint density at radius 2 is 1.70 bits per heavy atom. The molecule has 1 aliphatic heterocycles. The fourth-order valence-corrected chi connectivity index (χ4v) is 2.04. The first-order valence-electron chi connectivity index (χ1n) is 7.00. The van der Waals surface area contributed by atoms with Gasteiger partial charge in [-0.05, 0) is 35.4 Å². The molecule has 0 atom stereocenters. The highest BCUT2D eigenvalue weighted by molar-refractivity contribution is 6.11. The smallest absolute Gasteiger partial charge is 0.363 e. The van der Waals surface area contributed by atoms with E-state index in [9.17, 15) is 4.79 Å². The number of carbonyl (C=O) groups is 1. The second kappa shape index (κ2) is 6.54. The van der Waals surface area contributed by atoms with E-state index in [0.29, 0.717) is 5.56 Å². The van der Waals surface area contributed by atoms with Crippen LogP contribution in [0.5, 0.6) is 0 Å². The molecule has 2 aromatic rings. The lowest BCUT2D eigenvalue weighted by atomic mass is 10.1. The molecule has 23 heavy (non-hydrogen) atoms. The number of cyclic esters (lactones) is 1. The Bertz CT molecular complexity index is 854. The van der Waals surface area contributed by atoms with Crippen LogP contribution >= 0.6 is 0 Å². The standard InChI is InChI=1S/C19H12N2O2/c20-13-16-8-6-14(7-9-16)10-11-18-21-17(19(22)23-18)12-15-4-2-1-3-5-15/h1-12H. The monoisotopic (exact) mass is 300 g/mol. The quantitative estimate of drug-likeness (QED) is 0.643. The molecule has 1 aliphatic rings. The molecule has 0 unspecified atom stereocenters. The maximum atomic E-state index is 11.8. The minimum Gasteiger partial charge on any atom is -0.403 e. The summed E-state index contributed by atoms with van der Waals surface area (Å²) in [5.74, 6) is -0.213. The van der Waals surface area contributed by atoms with Crippen molar-refractivity contribution in [2.45, 2.75) is 0 Å². The van der Waals surface area contributed by atoms with Gasteiger partial charge in [0.05, 0.1) is 11.6 Å². The zero-order valence-electron chi connectivity index (χ0n) is 12.1. The molecular weight excluding hydrogens is 288 g/mol. The van der Waals surface area contributed by atoms with Crippen molar-refractivity contribution in [1.29, 1.82) is 5.26 Å². The van der Waals surface area contributed by atoms with E-state index in [1.54, 1.807) is 30.4 Å². The number of carbonyl (C=O) groups excluding carboxylic acids is 1. The van der Waals surface area contributed by atoms with E-state index >= 15 is 0 Å². The maximum absolute atomic E-state index is 11.8. The topological polar surface area (TPSA) is 62.5 Å². The van der Waals surface area contributed by atoms with Gasteiger partial charge in [0.1, 0.15) is 0 Å². The van der Waals surface area contributed by atoms with Crippen molar-refractivity contribution in [3.8, 4) is 6.07 Å². The number of hydrogen-bond donors (Lipinski definition) is 0. The van der Waals surface area contributed by atoms with E-state index in [4.69, 9.17) is 10.00 Å². The first-order chi connectivity index (χ1) is 11.2. The van der Waals surface area contributed by atoms with Crippen molar-refractivity contribution >= 4 is 24.0 Å². The van der Waals surface area contributed by atoms with Gasteiger partial charge in [-0.3, -0.25) is 0 Å². The second-order valence-corrected chi connectivity index (χ2v) is 4.85. The lowest BCUT2D eigenvalue weighted by molar-refractivity contribution is -0.129. The van der Waals surface area contributed by atoms with Crippen LogP contribution in [0.1, 0.15) is 16.7 Å². The summed E-state index contributed by atoms with van der Waals surface area (Å²) < 4.78 is 5.12. The Hall–Kier alpha value is -3.45. The van der Waals surface area contributed by atoms with Crippen LogP contribution in [0.4, 0.5) is 0 Å². The number of rotatable bonds is 3. The van der Waals surface area contributed by atoms with Gasteiger partial charge in [0.2, 0.25) is 5.90 Å². The molecule has 0 amide bonds. The van der Waals surface area contributed by atoms with E-state index in [0.717, 1.165) is 11.1 Å². The third kappa shape index (κ3) is 3.60. The molecule has 4 heteroatoms. The normalized spacial score (nSPS) is 15.5. The molecule has 0 saturated carbocycles. The highest BCUT2D eigenvalue weighted by atomic mass is 16.6. The van der Waals surface area contributed by atoms with Crippen LogP contribution in [0.3, 0.4) is 0 Å². The Kier molecular flexibility index (Phi) is 4.12. The Morgan fingerprint density at radius 3 is 2.39 bits per heavy atom. The summed E-state index contributed by atoms with van der Waals surface area (Å²) in [6.07, 6.45) is 5.09. The molecule has 1 heterocycles. The van der Waals surface area contributed by atoms with E-state index in [2.05, 4.69) is 11.1 Å². The molecule has 0 radical (unpaired) electrons. The Balaban J connectivity index is 1.77. The number of nitrogens with zero attached hydrogens (tertiary/aromatic N) is 2. The van der Waals surface area contributed by atoms with Gasteiger partial charge in [-0.15, -0.1) is 0 Å². The summed E-state index contributed by atoms with van der Waals surface area (Å²) in [6, 6.07) is 18.6. The summed E-state index contributed by atoms with van der Waals surface area (Å²) in [6.45, 7) is 0. The summed E-state index contributed by atoms with van der Waals surface area (Å²) in [5.41, 5.74) is 2.65. The maximum Gasteiger partial charge on any atom is 0.363 e. The number of benzene rings is 2. The van der Waals surface area contributed by atoms with Gasteiger partial charge in [-0.25, -0.2) is 9.79 Å². The third-order valence-corrected chi connectivity index (χ3v) is 3.20.